The Hall–Kier alpha value is -1.55. The van der Waals surface area contributed by atoms with E-state index in [4.69, 9.17) is 11.6 Å². The third-order valence-corrected chi connectivity index (χ3v) is 6.23. The molecule has 0 unspecified atom stereocenters. The Bertz CT molecular complexity index is 618. The number of halogens is 1. The molecule has 0 radical (unpaired) electrons. The Kier molecular flexibility index (Phi) is 7.57. The average molecular weight is 391 g/mol. The smallest absolute Gasteiger partial charge is 0.224 e. The fraction of sp³-hybridized carbons (Fsp3) is 0.636. The van der Waals surface area contributed by atoms with Crippen LogP contribution in [-0.2, 0) is 16.0 Å². The van der Waals surface area contributed by atoms with Gasteiger partial charge in [0.2, 0.25) is 11.8 Å². The Morgan fingerprint density at radius 1 is 1.00 bits per heavy atom. The maximum absolute atomic E-state index is 12.5. The molecule has 4 nitrogen and oxygen atoms in total. The molecule has 0 spiro atoms. The second kappa shape index (κ2) is 10.1. The number of piperidine rings is 1. The van der Waals surface area contributed by atoms with Gasteiger partial charge in [-0.2, -0.15) is 0 Å². The summed E-state index contributed by atoms with van der Waals surface area (Å²) < 4.78 is 0. The topological polar surface area (TPSA) is 49.4 Å². The van der Waals surface area contributed by atoms with E-state index in [0.29, 0.717) is 23.8 Å². The number of hydrogen-bond acceptors (Lipinski definition) is 2. The Morgan fingerprint density at radius 2 is 1.67 bits per heavy atom. The van der Waals surface area contributed by atoms with Gasteiger partial charge in [0.25, 0.3) is 0 Å². The van der Waals surface area contributed by atoms with Crippen LogP contribution >= 0.6 is 11.6 Å². The van der Waals surface area contributed by atoms with E-state index in [-0.39, 0.29) is 11.9 Å². The maximum atomic E-state index is 12.5. The molecule has 3 rings (SSSR count). The summed E-state index contributed by atoms with van der Waals surface area (Å²) in [5.74, 6) is 1.10. The van der Waals surface area contributed by atoms with Crippen LogP contribution in [0.4, 0.5) is 0 Å². The minimum atomic E-state index is 0.0411. The second-order valence-corrected chi connectivity index (χ2v) is 8.50. The van der Waals surface area contributed by atoms with Gasteiger partial charge in [-0.15, -0.1) is 0 Å². The summed E-state index contributed by atoms with van der Waals surface area (Å²) in [5, 5.41) is 3.80. The van der Waals surface area contributed by atoms with Gasteiger partial charge in [0.05, 0.1) is 6.42 Å². The molecule has 0 aromatic heterocycles. The fourth-order valence-electron chi connectivity index (χ4n) is 4.30. The molecule has 1 aliphatic heterocycles. The van der Waals surface area contributed by atoms with Crippen LogP contribution in [-0.4, -0.2) is 35.8 Å². The van der Waals surface area contributed by atoms with Crippen molar-refractivity contribution in [2.45, 2.75) is 70.3 Å². The molecule has 0 bridgehead atoms. The van der Waals surface area contributed by atoms with E-state index >= 15 is 0 Å². The first-order valence-electron chi connectivity index (χ1n) is 10.4. The predicted molar refractivity (Wildman–Crippen MR) is 109 cm³/mol. The Morgan fingerprint density at radius 3 is 2.33 bits per heavy atom. The SMILES string of the molecule is O=C(Cc1ccc(Cl)cc1)NC1CCN(C(=O)CCC2CCCCC2)CC1. The lowest BCUT2D eigenvalue weighted by Gasteiger charge is -2.33. The first-order chi connectivity index (χ1) is 13.1. The number of carbonyl (C=O) groups excluding carboxylic acids is 2. The number of nitrogens with zero attached hydrogens (tertiary/aromatic N) is 1. The van der Waals surface area contributed by atoms with Crippen LogP contribution in [0.15, 0.2) is 24.3 Å². The Balaban J connectivity index is 1.34. The molecule has 1 aromatic rings. The van der Waals surface area contributed by atoms with Gasteiger partial charge < -0.3 is 10.2 Å². The summed E-state index contributed by atoms with van der Waals surface area (Å²) in [6, 6.07) is 7.56. The maximum Gasteiger partial charge on any atom is 0.224 e. The van der Waals surface area contributed by atoms with Crippen molar-refractivity contribution in [3.8, 4) is 0 Å². The van der Waals surface area contributed by atoms with Crippen molar-refractivity contribution in [1.82, 2.24) is 10.2 Å². The fourth-order valence-corrected chi connectivity index (χ4v) is 4.43. The van der Waals surface area contributed by atoms with Crippen LogP contribution in [0.5, 0.6) is 0 Å². The zero-order valence-electron chi connectivity index (χ0n) is 16.1. The highest BCUT2D eigenvalue weighted by Gasteiger charge is 2.24. The van der Waals surface area contributed by atoms with Crippen LogP contribution in [0.2, 0.25) is 5.02 Å². The molecule has 1 aromatic carbocycles. The van der Waals surface area contributed by atoms with Gasteiger partial charge in [-0.25, -0.2) is 0 Å². The van der Waals surface area contributed by atoms with Crippen LogP contribution in [0, 0.1) is 5.92 Å². The molecular formula is C22H31ClN2O2. The van der Waals surface area contributed by atoms with Gasteiger partial charge in [0.15, 0.2) is 0 Å². The molecule has 148 valence electrons. The van der Waals surface area contributed by atoms with E-state index in [0.717, 1.165) is 43.8 Å². The number of rotatable bonds is 6. The van der Waals surface area contributed by atoms with E-state index in [1.54, 1.807) is 0 Å². The van der Waals surface area contributed by atoms with E-state index < -0.39 is 0 Å². The third-order valence-electron chi connectivity index (χ3n) is 5.98. The van der Waals surface area contributed by atoms with Crippen LogP contribution < -0.4 is 5.32 Å². The van der Waals surface area contributed by atoms with Gasteiger partial charge >= 0.3 is 0 Å². The summed E-state index contributed by atoms with van der Waals surface area (Å²) in [7, 11) is 0. The minimum Gasteiger partial charge on any atom is -0.353 e. The van der Waals surface area contributed by atoms with Gasteiger partial charge in [-0.05, 0) is 42.9 Å². The van der Waals surface area contributed by atoms with Crippen LogP contribution in [0.25, 0.3) is 0 Å². The molecule has 1 heterocycles. The highest BCUT2D eigenvalue weighted by Crippen LogP contribution is 2.27. The summed E-state index contributed by atoms with van der Waals surface area (Å²) in [6.45, 7) is 1.52. The highest BCUT2D eigenvalue weighted by molar-refractivity contribution is 6.30. The van der Waals surface area contributed by atoms with Crippen molar-refractivity contribution in [3.05, 3.63) is 34.9 Å². The number of nitrogens with one attached hydrogen (secondary N) is 1. The number of carbonyl (C=O) groups is 2. The summed E-state index contributed by atoms with van der Waals surface area (Å²) in [6.07, 6.45) is 10.4. The lowest BCUT2D eigenvalue weighted by Crippen LogP contribution is -2.46. The zero-order valence-corrected chi connectivity index (χ0v) is 16.8. The standard InChI is InChI=1S/C22H31ClN2O2/c23-19-9-6-18(7-10-19)16-21(26)24-20-12-14-25(15-13-20)22(27)11-8-17-4-2-1-3-5-17/h6-7,9-10,17,20H,1-5,8,11-16H2,(H,24,26). The molecule has 1 saturated heterocycles. The Labute approximate surface area is 167 Å². The number of likely N-dealkylation sites (tertiary alicyclic amines) is 1. The first-order valence-corrected chi connectivity index (χ1v) is 10.8. The largest absolute Gasteiger partial charge is 0.353 e. The molecular weight excluding hydrogens is 360 g/mol. The lowest BCUT2D eigenvalue weighted by molar-refractivity contribution is -0.132. The predicted octanol–water partition coefficient (Wildman–Crippen LogP) is 4.35. The summed E-state index contributed by atoms with van der Waals surface area (Å²) in [4.78, 5) is 26.7. The van der Waals surface area contributed by atoms with E-state index in [1.165, 1.54) is 32.1 Å². The first kappa shape index (κ1) is 20.2. The average Bonchev–Trinajstić information content (AvgIpc) is 2.69. The monoisotopic (exact) mass is 390 g/mol. The van der Waals surface area contributed by atoms with E-state index in [2.05, 4.69) is 5.32 Å². The van der Waals surface area contributed by atoms with Crippen molar-refractivity contribution in [2.24, 2.45) is 5.92 Å². The van der Waals surface area contributed by atoms with Crippen molar-refractivity contribution in [2.75, 3.05) is 13.1 Å². The van der Waals surface area contributed by atoms with Gasteiger partial charge in [-0.1, -0.05) is 55.8 Å². The van der Waals surface area contributed by atoms with Crippen molar-refractivity contribution in [1.29, 1.82) is 0 Å². The lowest BCUT2D eigenvalue weighted by atomic mass is 9.86. The van der Waals surface area contributed by atoms with Crippen LogP contribution in [0.1, 0.15) is 63.4 Å². The van der Waals surface area contributed by atoms with Crippen molar-refractivity contribution >= 4 is 23.4 Å². The number of benzene rings is 1. The highest BCUT2D eigenvalue weighted by atomic mass is 35.5. The molecule has 2 aliphatic rings. The molecule has 27 heavy (non-hydrogen) atoms. The molecule has 2 amide bonds. The summed E-state index contributed by atoms with van der Waals surface area (Å²) >= 11 is 5.88. The van der Waals surface area contributed by atoms with Crippen molar-refractivity contribution < 1.29 is 9.59 Å². The van der Waals surface area contributed by atoms with Crippen LogP contribution in [0.3, 0.4) is 0 Å². The molecule has 5 heteroatoms. The quantitative estimate of drug-likeness (QED) is 0.784. The number of amides is 2. The molecule has 1 aliphatic carbocycles. The zero-order chi connectivity index (χ0) is 19.1. The van der Waals surface area contributed by atoms with Gasteiger partial charge in [-0.3, -0.25) is 9.59 Å². The molecule has 2 fully saturated rings. The van der Waals surface area contributed by atoms with Gasteiger partial charge in [0, 0.05) is 30.6 Å². The molecule has 0 atom stereocenters. The van der Waals surface area contributed by atoms with E-state index in [9.17, 15) is 9.59 Å². The minimum absolute atomic E-state index is 0.0411. The van der Waals surface area contributed by atoms with E-state index in [1.807, 2.05) is 29.2 Å². The second-order valence-electron chi connectivity index (χ2n) is 8.07. The molecule has 1 saturated carbocycles. The number of hydrogen-bond donors (Lipinski definition) is 1. The molecule has 1 N–H and O–H groups in total. The van der Waals surface area contributed by atoms with Crippen molar-refractivity contribution in [3.63, 3.8) is 0 Å². The third kappa shape index (κ3) is 6.53. The normalized spacial score (nSPS) is 19.1. The van der Waals surface area contributed by atoms with Gasteiger partial charge in [0.1, 0.15) is 0 Å². The summed E-state index contributed by atoms with van der Waals surface area (Å²) in [5.41, 5.74) is 0.965.